The van der Waals surface area contributed by atoms with E-state index in [1.807, 2.05) is 0 Å². The fourth-order valence-corrected chi connectivity index (χ4v) is 2.27. The summed E-state index contributed by atoms with van der Waals surface area (Å²) in [4.78, 5) is 2.08. The van der Waals surface area contributed by atoms with Crippen molar-refractivity contribution in [1.29, 1.82) is 0 Å². The Morgan fingerprint density at radius 1 is 1.26 bits per heavy atom. The van der Waals surface area contributed by atoms with E-state index >= 15 is 0 Å². The van der Waals surface area contributed by atoms with E-state index < -0.39 is 17.7 Å². The molecule has 19 heavy (non-hydrogen) atoms. The van der Waals surface area contributed by atoms with Gasteiger partial charge in [-0.05, 0) is 25.3 Å². The third-order valence-corrected chi connectivity index (χ3v) is 3.48. The quantitative estimate of drug-likeness (QED) is 0.795. The van der Waals surface area contributed by atoms with E-state index in [1.165, 1.54) is 12.1 Å². The maximum atomic E-state index is 13.5. The molecule has 1 aliphatic rings. The fraction of sp³-hybridized carbons (Fsp3) is 0.571. The third kappa shape index (κ3) is 3.72. The van der Waals surface area contributed by atoms with Crippen LogP contribution in [0.5, 0.6) is 0 Å². The number of aliphatic hydroxyl groups is 2. The topological polar surface area (TPSA) is 43.7 Å². The Bertz CT molecular complexity index is 424. The van der Waals surface area contributed by atoms with Crippen LogP contribution in [0.15, 0.2) is 18.2 Å². The molecule has 1 saturated carbocycles. The Labute approximate surface area is 111 Å². The Morgan fingerprint density at radius 2 is 2.00 bits per heavy atom. The van der Waals surface area contributed by atoms with Crippen LogP contribution in [-0.4, -0.2) is 40.9 Å². The van der Waals surface area contributed by atoms with Gasteiger partial charge in [0.05, 0.1) is 12.7 Å². The van der Waals surface area contributed by atoms with E-state index in [4.69, 9.17) is 5.11 Å². The highest BCUT2D eigenvalue weighted by atomic mass is 19.2. The molecule has 0 aromatic heterocycles. The lowest BCUT2D eigenvalue weighted by Gasteiger charge is -2.22. The third-order valence-electron chi connectivity index (χ3n) is 3.48. The van der Waals surface area contributed by atoms with Gasteiger partial charge in [0.15, 0.2) is 11.6 Å². The molecule has 2 rings (SSSR count). The van der Waals surface area contributed by atoms with Crippen molar-refractivity contribution in [2.75, 3.05) is 19.7 Å². The number of benzene rings is 1. The van der Waals surface area contributed by atoms with Crippen LogP contribution in [0.1, 0.15) is 30.9 Å². The van der Waals surface area contributed by atoms with Crippen LogP contribution in [0.4, 0.5) is 8.78 Å². The van der Waals surface area contributed by atoms with Gasteiger partial charge in [0.1, 0.15) is 0 Å². The first-order valence-electron chi connectivity index (χ1n) is 6.60. The van der Waals surface area contributed by atoms with Crippen molar-refractivity contribution in [1.82, 2.24) is 4.90 Å². The molecule has 3 nitrogen and oxygen atoms in total. The summed E-state index contributed by atoms with van der Waals surface area (Å²) >= 11 is 0. The first kappa shape index (κ1) is 14.4. The van der Waals surface area contributed by atoms with E-state index in [9.17, 15) is 13.9 Å². The molecule has 0 heterocycles. The lowest BCUT2D eigenvalue weighted by atomic mass is 10.1. The molecule has 0 amide bonds. The van der Waals surface area contributed by atoms with Crippen molar-refractivity contribution >= 4 is 0 Å². The van der Waals surface area contributed by atoms with Crippen LogP contribution >= 0.6 is 0 Å². The molecule has 0 aliphatic heterocycles. The molecule has 0 saturated heterocycles. The molecular formula is C14H19F2NO2. The molecule has 0 spiro atoms. The van der Waals surface area contributed by atoms with Gasteiger partial charge in [-0.2, -0.15) is 0 Å². The zero-order valence-electron chi connectivity index (χ0n) is 10.7. The van der Waals surface area contributed by atoms with Crippen LogP contribution in [0, 0.1) is 11.6 Å². The molecule has 1 aromatic carbocycles. The normalized spacial score (nSPS) is 16.9. The Hall–Kier alpha value is -1.04. The van der Waals surface area contributed by atoms with Gasteiger partial charge < -0.3 is 10.2 Å². The molecule has 1 aliphatic carbocycles. The van der Waals surface area contributed by atoms with Gasteiger partial charge in [0, 0.05) is 24.7 Å². The smallest absolute Gasteiger partial charge is 0.164 e. The van der Waals surface area contributed by atoms with Gasteiger partial charge in [-0.1, -0.05) is 12.1 Å². The lowest BCUT2D eigenvalue weighted by Crippen LogP contribution is -2.31. The predicted molar refractivity (Wildman–Crippen MR) is 67.6 cm³/mol. The summed E-state index contributed by atoms with van der Waals surface area (Å²) in [5.74, 6) is -1.92. The van der Waals surface area contributed by atoms with Crippen molar-refractivity contribution in [2.24, 2.45) is 0 Å². The molecule has 106 valence electrons. The molecule has 1 unspecified atom stereocenters. The van der Waals surface area contributed by atoms with Crippen molar-refractivity contribution in [3.8, 4) is 0 Å². The molecule has 0 bridgehead atoms. The molecule has 1 fully saturated rings. The van der Waals surface area contributed by atoms with Gasteiger partial charge in [0.25, 0.3) is 0 Å². The number of aliphatic hydroxyl groups excluding tert-OH is 2. The van der Waals surface area contributed by atoms with Gasteiger partial charge in [-0.25, -0.2) is 8.78 Å². The number of halogens is 2. The standard InChI is InChI=1S/C14H19F2NO2/c15-12-3-1-2-11(14(12)16)13(19)6-7-17(8-9-18)10-4-5-10/h1-3,10,13,18-19H,4-9H2. The highest BCUT2D eigenvalue weighted by Gasteiger charge is 2.29. The molecular weight excluding hydrogens is 252 g/mol. The van der Waals surface area contributed by atoms with Gasteiger partial charge in [-0.15, -0.1) is 0 Å². The van der Waals surface area contributed by atoms with E-state index in [2.05, 4.69) is 4.90 Å². The van der Waals surface area contributed by atoms with Crippen molar-refractivity contribution in [3.63, 3.8) is 0 Å². The van der Waals surface area contributed by atoms with E-state index in [1.54, 1.807) is 0 Å². The van der Waals surface area contributed by atoms with Crippen LogP contribution in [0.25, 0.3) is 0 Å². The number of rotatable bonds is 7. The van der Waals surface area contributed by atoms with Crippen LogP contribution < -0.4 is 0 Å². The summed E-state index contributed by atoms with van der Waals surface area (Å²) in [7, 11) is 0. The van der Waals surface area contributed by atoms with Crippen LogP contribution in [-0.2, 0) is 0 Å². The van der Waals surface area contributed by atoms with Crippen molar-refractivity contribution in [2.45, 2.75) is 31.4 Å². The summed E-state index contributed by atoms with van der Waals surface area (Å²) in [6.07, 6.45) is 1.52. The highest BCUT2D eigenvalue weighted by Crippen LogP contribution is 2.28. The SMILES string of the molecule is OCCN(CCC(O)c1cccc(F)c1F)C1CC1. The predicted octanol–water partition coefficient (Wildman–Crippen LogP) is 1.84. The maximum absolute atomic E-state index is 13.5. The van der Waals surface area contributed by atoms with E-state index in [0.29, 0.717) is 25.6 Å². The summed E-state index contributed by atoms with van der Waals surface area (Å²) in [5, 5.41) is 18.9. The minimum Gasteiger partial charge on any atom is -0.395 e. The zero-order chi connectivity index (χ0) is 13.8. The monoisotopic (exact) mass is 271 g/mol. The number of hydrogen-bond donors (Lipinski definition) is 2. The number of hydrogen-bond acceptors (Lipinski definition) is 3. The lowest BCUT2D eigenvalue weighted by molar-refractivity contribution is 0.124. The Kier molecular flexibility index (Phi) is 4.85. The summed E-state index contributed by atoms with van der Waals surface area (Å²) < 4.78 is 26.6. The van der Waals surface area contributed by atoms with E-state index in [0.717, 1.165) is 18.9 Å². The van der Waals surface area contributed by atoms with Gasteiger partial charge in [-0.3, -0.25) is 4.90 Å². The average Bonchev–Trinajstić information content (AvgIpc) is 3.21. The first-order chi connectivity index (χ1) is 9.13. The maximum Gasteiger partial charge on any atom is 0.164 e. The summed E-state index contributed by atoms with van der Waals surface area (Å²) in [6.45, 7) is 1.20. The zero-order valence-corrected chi connectivity index (χ0v) is 10.7. The highest BCUT2D eigenvalue weighted by molar-refractivity contribution is 5.21. The van der Waals surface area contributed by atoms with E-state index in [-0.39, 0.29) is 12.2 Å². The minimum atomic E-state index is -1.02. The first-order valence-corrected chi connectivity index (χ1v) is 6.60. The van der Waals surface area contributed by atoms with Crippen molar-refractivity contribution in [3.05, 3.63) is 35.4 Å². The molecule has 2 N–H and O–H groups in total. The fourth-order valence-electron chi connectivity index (χ4n) is 2.27. The molecule has 1 atom stereocenters. The molecule has 0 radical (unpaired) electrons. The second kappa shape index (κ2) is 6.41. The second-order valence-electron chi connectivity index (χ2n) is 4.94. The minimum absolute atomic E-state index is 0.000236. The van der Waals surface area contributed by atoms with Gasteiger partial charge >= 0.3 is 0 Å². The van der Waals surface area contributed by atoms with Crippen LogP contribution in [0.3, 0.4) is 0 Å². The van der Waals surface area contributed by atoms with Crippen LogP contribution in [0.2, 0.25) is 0 Å². The largest absolute Gasteiger partial charge is 0.395 e. The summed E-state index contributed by atoms with van der Waals surface area (Å²) in [5.41, 5.74) is -0.000236. The Balaban J connectivity index is 1.92. The number of nitrogens with zero attached hydrogens (tertiary/aromatic N) is 1. The molecule has 5 heteroatoms. The van der Waals surface area contributed by atoms with Crippen molar-refractivity contribution < 1.29 is 19.0 Å². The second-order valence-corrected chi connectivity index (χ2v) is 4.94. The Morgan fingerprint density at radius 3 is 2.63 bits per heavy atom. The summed E-state index contributed by atoms with van der Waals surface area (Å²) in [6, 6.07) is 4.30. The van der Waals surface area contributed by atoms with Gasteiger partial charge in [0.2, 0.25) is 0 Å². The molecule has 1 aromatic rings. The average molecular weight is 271 g/mol.